The van der Waals surface area contributed by atoms with Crippen molar-refractivity contribution in [3.8, 4) is 11.3 Å². The summed E-state index contributed by atoms with van der Waals surface area (Å²) in [7, 11) is 4.64. The number of benzene rings is 1. The van der Waals surface area contributed by atoms with Crippen LogP contribution in [0.15, 0.2) is 54.7 Å². The van der Waals surface area contributed by atoms with Gasteiger partial charge in [0.1, 0.15) is 0 Å². The van der Waals surface area contributed by atoms with Crippen LogP contribution >= 0.6 is 9.58 Å². The molecule has 0 radical (unpaired) electrons. The molecule has 1 aromatic carbocycles. The number of rotatable bonds is 1. The fourth-order valence-corrected chi connectivity index (χ4v) is 1.14. The zero-order valence-corrected chi connectivity index (χ0v) is 10.5. The van der Waals surface area contributed by atoms with Gasteiger partial charge in [-0.3, -0.25) is 4.98 Å². The molecule has 0 unspecified atom stereocenters. The van der Waals surface area contributed by atoms with E-state index in [1.807, 2.05) is 42.6 Å². The van der Waals surface area contributed by atoms with E-state index in [0.717, 1.165) is 11.3 Å². The van der Waals surface area contributed by atoms with Gasteiger partial charge in [0.05, 0.1) is 5.69 Å². The summed E-state index contributed by atoms with van der Waals surface area (Å²) < 4.78 is 0. The molecule has 3 heteroatoms. The van der Waals surface area contributed by atoms with Crippen LogP contribution in [0, 0.1) is 0 Å². The van der Waals surface area contributed by atoms with Crippen LogP contribution in [0.1, 0.15) is 0 Å². The predicted octanol–water partition coefficient (Wildman–Crippen LogP) is 3.44. The van der Waals surface area contributed by atoms with Crippen molar-refractivity contribution >= 4 is 9.58 Å². The first kappa shape index (κ1) is 11.4. The molecular weight excluding hydrogens is 374 g/mol. The van der Waals surface area contributed by atoms with Crippen molar-refractivity contribution in [2.24, 2.45) is 0 Å². The third-order valence-electron chi connectivity index (χ3n) is 1.73. The van der Waals surface area contributed by atoms with Crippen LogP contribution in [0.25, 0.3) is 11.3 Å². The van der Waals surface area contributed by atoms with E-state index >= 15 is 0 Å². The predicted molar refractivity (Wildman–Crippen MR) is 55.5 cm³/mol. The summed E-state index contributed by atoms with van der Waals surface area (Å²) in [5.74, 6) is 0. The second kappa shape index (κ2) is 6.72. The molecule has 74 valence electrons. The van der Waals surface area contributed by atoms with E-state index < -0.39 is 0 Å². The maximum Gasteiger partial charge on any atom is 0.0701 e. The zero-order valence-electron chi connectivity index (χ0n) is 7.35. The van der Waals surface area contributed by atoms with E-state index in [2.05, 4.69) is 26.7 Å². The van der Waals surface area contributed by atoms with Gasteiger partial charge in [0.2, 0.25) is 0 Å². The Morgan fingerprint density at radius 2 is 1.50 bits per heavy atom. The minimum Gasteiger partial charge on any atom is -0.256 e. The molecule has 0 bridgehead atoms. The number of aromatic nitrogens is 1. The second-order valence-electron chi connectivity index (χ2n) is 2.58. The SMILES string of the molecule is [Cl][Ir].c1ccc(-c2ccccn2)cc1. The first-order chi connectivity index (χ1) is 6.97. The smallest absolute Gasteiger partial charge is 0.0701 e. The molecule has 0 aliphatic heterocycles. The minimum atomic E-state index is 1.03. The second-order valence-corrected chi connectivity index (χ2v) is 2.58. The van der Waals surface area contributed by atoms with Gasteiger partial charge in [-0.1, -0.05) is 36.4 Å². The fourth-order valence-electron chi connectivity index (χ4n) is 1.14. The van der Waals surface area contributed by atoms with E-state index in [-0.39, 0.29) is 0 Å². The van der Waals surface area contributed by atoms with Crippen molar-refractivity contribution in [3.05, 3.63) is 54.7 Å². The van der Waals surface area contributed by atoms with E-state index in [9.17, 15) is 0 Å². The Labute approximate surface area is 98.3 Å². The molecule has 0 saturated heterocycles. The summed E-state index contributed by atoms with van der Waals surface area (Å²) in [5, 5.41) is 0. The molecule has 0 N–H and O–H groups in total. The molecule has 1 nitrogen and oxygen atoms in total. The molecule has 0 amide bonds. The van der Waals surface area contributed by atoms with Crippen LogP contribution in [0.4, 0.5) is 0 Å². The van der Waals surface area contributed by atoms with Crippen LogP contribution in [-0.4, -0.2) is 4.98 Å². The first-order valence-electron chi connectivity index (χ1n) is 4.06. The van der Waals surface area contributed by atoms with Gasteiger partial charge in [-0.15, -0.1) is 0 Å². The Kier molecular flexibility index (Phi) is 5.46. The largest absolute Gasteiger partial charge is 0.256 e. The van der Waals surface area contributed by atoms with Gasteiger partial charge in [-0.2, -0.15) is 0 Å². The van der Waals surface area contributed by atoms with Crippen molar-refractivity contribution < 1.29 is 17.9 Å². The Morgan fingerprint density at radius 3 is 2.07 bits per heavy atom. The molecule has 0 aliphatic carbocycles. The van der Waals surface area contributed by atoms with Crippen LogP contribution in [0.3, 0.4) is 0 Å². The molecule has 0 spiro atoms. The van der Waals surface area contributed by atoms with E-state index in [4.69, 9.17) is 0 Å². The Bertz CT molecular complexity index is 313. The number of halogens is 1. The number of pyridine rings is 1. The van der Waals surface area contributed by atoms with Crippen LogP contribution in [0.5, 0.6) is 0 Å². The molecular formula is C11H9ClIrN. The van der Waals surface area contributed by atoms with E-state index in [0.29, 0.717) is 0 Å². The summed E-state index contributed by atoms with van der Waals surface area (Å²) in [5.41, 5.74) is 2.19. The zero-order chi connectivity index (χ0) is 10.2. The van der Waals surface area contributed by atoms with Crippen LogP contribution in [0.2, 0.25) is 0 Å². The maximum absolute atomic E-state index is 4.64. The molecule has 2 rings (SSSR count). The summed E-state index contributed by atoms with van der Waals surface area (Å²) in [4.78, 5) is 4.25. The minimum absolute atomic E-state index is 1.03. The number of hydrogen-bond acceptors (Lipinski definition) is 1. The number of nitrogens with zero attached hydrogens (tertiary/aromatic N) is 1. The normalized spacial score (nSPS) is 8.79. The molecule has 0 aliphatic rings. The van der Waals surface area contributed by atoms with Gasteiger partial charge in [0.15, 0.2) is 0 Å². The Balaban J connectivity index is 0.000000461. The molecule has 2 aromatic rings. The van der Waals surface area contributed by atoms with Gasteiger partial charge in [0, 0.05) is 11.8 Å². The van der Waals surface area contributed by atoms with Crippen molar-refractivity contribution in [1.82, 2.24) is 4.98 Å². The summed E-state index contributed by atoms with van der Waals surface area (Å²) in [6.07, 6.45) is 1.81. The Morgan fingerprint density at radius 1 is 0.857 bits per heavy atom. The van der Waals surface area contributed by atoms with Crippen molar-refractivity contribution in [1.29, 1.82) is 0 Å². The third-order valence-corrected chi connectivity index (χ3v) is 1.73. The van der Waals surface area contributed by atoms with Gasteiger partial charge in [0.25, 0.3) is 0 Å². The van der Waals surface area contributed by atoms with Gasteiger partial charge in [-0.05, 0) is 12.1 Å². The summed E-state index contributed by atoms with van der Waals surface area (Å²) >= 11 is 1.47. The molecule has 0 atom stereocenters. The molecule has 14 heavy (non-hydrogen) atoms. The third kappa shape index (κ3) is 3.22. The maximum atomic E-state index is 4.64. The molecule has 0 saturated carbocycles. The Hall–Kier alpha value is -0.691. The van der Waals surface area contributed by atoms with Gasteiger partial charge in [-0.25, -0.2) is 0 Å². The fraction of sp³-hybridized carbons (Fsp3) is 0. The quantitative estimate of drug-likeness (QED) is 0.736. The van der Waals surface area contributed by atoms with Crippen molar-refractivity contribution in [2.45, 2.75) is 0 Å². The molecule has 1 aromatic heterocycles. The average Bonchev–Trinajstić information content (AvgIpc) is 2.34. The van der Waals surface area contributed by atoms with Crippen molar-refractivity contribution in [2.75, 3.05) is 0 Å². The molecule has 1 heterocycles. The van der Waals surface area contributed by atoms with E-state index in [1.54, 1.807) is 0 Å². The van der Waals surface area contributed by atoms with Gasteiger partial charge < -0.3 is 0 Å². The van der Waals surface area contributed by atoms with Gasteiger partial charge >= 0.3 is 27.5 Å². The van der Waals surface area contributed by atoms with E-state index in [1.165, 1.54) is 17.9 Å². The first-order valence-corrected chi connectivity index (χ1v) is 7.02. The summed E-state index contributed by atoms with van der Waals surface area (Å²) in [6, 6.07) is 16.1. The standard InChI is InChI=1S/C11H9N.ClH.Ir/c1-2-6-10(7-3-1)11-8-4-5-9-12-11;;/h1-9H;1H;/q;;+1/p-1. The summed E-state index contributed by atoms with van der Waals surface area (Å²) in [6.45, 7) is 0. The monoisotopic (exact) mass is 383 g/mol. The number of hydrogen-bond donors (Lipinski definition) is 0. The topological polar surface area (TPSA) is 12.9 Å². The average molecular weight is 383 g/mol. The molecule has 0 fully saturated rings. The van der Waals surface area contributed by atoms with Crippen molar-refractivity contribution in [3.63, 3.8) is 0 Å². The van der Waals surface area contributed by atoms with Crippen LogP contribution < -0.4 is 0 Å². The van der Waals surface area contributed by atoms with Crippen LogP contribution in [-0.2, 0) is 17.9 Å².